The van der Waals surface area contributed by atoms with Crippen molar-refractivity contribution in [1.29, 1.82) is 0 Å². The molecule has 0 saturated carbocycles. The Morgan fingerprint density at radius 2 is 1.30 bits per heavy atom. The van der Waals surface area contributed by atoms with E-state index in [1.807, 2.05) is 19.9 Å². The molecule has 5 rings (SSSR count). The van der Waals surface area contributed by atoms with Crippen LogP contribution in [0.3, 0.4) is 0 Å². The second kappa shape index (κ2) is 18.0. The smallest absolute Gasteiger partial charge is 0.412 e. The summed E-state index contributed by atoms with van der Waals surface area (Å²) in [7, 11) is 3.25. The number of halogens is 1. The van der Waals surface area contributed by atoms with E-state index in [0.717, 1.165) is 51.1 Å². The van der Waals surface area contributed by atoms with Gasteiger partial charge in [-0.2, -0.15) is 0 Å². The van der Waals surface area contributed by atoms with Gasteiger partial charge in [-0.3, -0.25) is 9.59 Å². The van der Waals surface area contributed by atoms with Crippen molar-refractivity contribution in [2.45, 2.75) is 67.2 Å². The summed E-state index contributed by atoms with van der Waals surface area (Å²) in [5, 5.41) is 2.75. The van der Waals surface area contributed by atoms with Gasteiger partial charge >= 0.3 is 6.09 Å². The fourth-order valence-corrected chi connectivity index (χ4v) is 7.30. The summed E-state index contributed by atoms with van der Waals surface area (Å²) in [5.74, 6) is 2.21. The first-order chi connectivity index (χ1) is 23.4. The lowest BCUT2D eigenvalue weighted by molar-refractivity contribution is -0.116. The van der Waals surface area contributed by atoms with Crippen LogP contribution in [0.4, 0.5) is 4.79 Å². The number of para-hydroxylation sites is 1. The first-order valence-electron chi connectivity index (χ1n) is 16.9. The first kappa shape index (κ1) is 40.0. The zero-order valence-corrected chi connectivity index (χ0v) is 31.3. The number of nitrogens with two attached hydrogens (primary N) is 1. The molecule has 3 aromatic carbocycles. The molecule has 0 aromatic heterocycles. The van der Waals surface area contributed by atoms with Crippen LogP contribution in [0.2, 0.25) is 0 Å². The third-order valence-electron chi connectivity index (χ3n) is 9.21. The number of hydrogen-bond acceptors (Lipinski definition) is 7. The van der Waals surface area contributed by atoms with Crippen molar-refractivity contribution in [2.24, 2.45) is 17.6 Å². The molecule has 8 nitrogen and oxygen atoms in total. The second-order valence-corrected chi connectivity index (χ2v) is 13.1. The highest BCUT2D eigenvalue weighted by Gasteiger charge is 2.36. The minimum absolute atomic E-state index is 0. The van der Waals surface area contributed by atoms with Gasteiger partial charge in [0.25, 0.3) is 0 Å². The van der Waals surface area contributed by atoms with Crippen molar-refractivity contribution in [3.8, 4) is 5.75 Å². The normalized spacial score (nSPS) is 16.9. The largest absolute Gasteiger partial charge is 0.500 e. The Kier molecular flexibility index (Phi) is 14.4. The van der Waals surface area contributed by atoms with Crippen molar-refractivity contribution in [2.75, 3.05) is 27.3 Å². The molecule has 50 heavy (non-hydrogen) atoms. The van der Waals surface area contributed by atoms with E-state index in [1.54, 1.807) is 38.5 Å². The molecule has 0 aliphatic heterocycles. The Hall–Kier alpha value is -4.40. The Balaban J connectivity index is 0.000000283. The topological polar surface area (TPSA) is 117 Å². The molecule has 0 bridgehead atoms. The van der Waals surface area contributed by atoms with Gasteiger partial charge in [-0.1, -0.05) is 53.6 Å². The minimum Gasteiger partial charge on any atom is -0.500 e. The third-order valence-corrected chi connectivity index (χ3v) is 9.21. The number of Topliss-reactive ketones (excluding diaryl/α,β-unsaturated/α-hetero) is 2. The van der Waals surface area contributed by atoms with E-state index in [2.05, 4.69) is 57.3 Å². The average Bonchev–Trinajstić information content (AvgIpc) is 3.52. The number of amides is 1. The lowest BCUT2D eigenvalue weighted by Gasteiger charge is -2.16. The minimum atomic E-state index is -0.506. The molecule has 3 aromatic rings. The van der Waals surface area contributed by atoms with E-state index in [1.165, 1.54) is 11.1 Å². The summed E-state index contributed by atoms with van der Waals surface area (Å²) in [4.78, 5) is 37.5. The molecule has 2 aliphatic carbocycles. The summed E-state index contributed by atoms with van der Waals surface area (Å²) in [5.41, 5.74) is 15.9. The zero-order valence-electron chi connectivity index (χ0n) is 30.5. The van der Waals surface area contributed by atoms with E-state index in [-0.39, 0.29) is 35.8 Å². The van der Waals surface area contributed by atoms with Crippen LogP contribution < -0.4 is 15.8 Å². The van der Waals surface area contributed by atoms with E-state index in [0.29, 0.717) is 49.4 Å². The second-order valence-electron chi connectivity index (χ2n) is 13.1. The van der Waals surface area contributed by atoms with Gasteiger partial charge in [0, 0.05) is 31.2 Å². The summed E-state index contributed by atoms with van der Waals surface area (Å²) < 4.78 is 16.4. The molecule has 268 valence electrons. The van der Waals surface area contributed by atoms with Crippen LogP contribution in [0, 0.1) is 53.4 Å². The highest BCUT2D eigenvalue weighted by Crippen LogP contribution is 2.41. The average molecular weight is 703 g/mol. The molecule has 0 saturated heterocycles. The molecule has 9 heteroatoms. The zero-order chi connectivity index (χ0) is 35.8. The molecular weight excluding hydrogens is 652 g/mol. The fraction of sp³-hybridized carbons (Fsp3) is 0.390. The highest BCUT2D eigenvalue weighted by molar-refractivity contribution is 6.25. The summed E-state index contributed by atoms with van der Waals surface area (Å²) in [6.07, 6.45) is 1.88. The number of allylic oxidation sites excluding steroid dienone is 4. The number of nitrogens with one attached hydrogen (secondary N) is 1. The maximum Gasteiger partial charge on any atom is 0.412 e. The van der Waals surface area contributed by atoms with Gasteiger partial charge in [0.2, 0.25) is 0 Å². The number of hydrogen-bond donors (Lipinski definition) is 2. The van der Waals surface area contributed by atoms with Gasteiger partial charge in [-0.15, -0.1) is 12.4 Å². The van der Waals surface area contributed by atoms with Crippen LogP contribution in [0.25, 0.3) is 11.1 Å². The van der Waals surface area contributed by atoms with E-state index < -0.39 is 6.09 Å². The van der Waals surface area contributed by atoms with Gasteiger partial charge in [0.05, 0.1) is 25.4 Å². The molecule has 1 amide bonds. The number of carbonyl (C=O) groups is 3. The van der Waals surface area contributed by atoms with Crippen LogP contribution in [0.5, 0.6) is 5.75 Å². The summed E-state index contributed by atoms with van der Waals surface area (Å²) >= 11 is 0. The number of aryl methyl sites for hydroxylation is 6. The monoisotopic (exact) mass is 702 g/mol. The molecule has 3 N–H and O–H groups in total. The molecule has 2 unspecified atom stereocenters. The van der Waals surface area contributed by atoms with Gasteiger partial charge in [-0.25, -0.2) is 4.79 Å². The predicted molar refractivity (Wildman–Crippen MR) is 201 cm³/mol. The van der Waals surface area contributed by atoms with Crippen molar-refractivity contribution < 1.29 is 28.6 Å². The van der Waals surface area contributed by atoms with Crippen LogP contribution >= 0.6 is 12.4 Å². The van der Waals surface area contributed by atoms with Gasteiger partial charge < -0.3 is 25.3 Å². The van der Waals surface area contributed by atoms with Crippen molar-refractivity contribution in [3.63, 3.8) is 0 Å². The number of benzene rings is 3. The first-order valence-corrected chi connectivity index (χ1v) is 16.9. The van der Waals surface area contributed by atoms with Gasteiger partial charge in [-0.05, 0) is 106 Å². The lowest BCUT2D eigenvalue weighted by Crippen LogP contribution is -2.29. The lowest BCUT2D eigenvalue weighted by atomic mass is 9.90. The third kappa shape index (κ3) is 9.23. The van der Waals surface area contributed by atoms with Gasteiger partial charge in [0.1, 0.15) is 17.3 Å². The molecule has 0 radical (unpaired) electrons. The Bertz CT molecular complexity index is 1730. The number of ketones is 2. The Labute approximate surface area is 302 Å². The van der Waals surface area contributed by atoms with Crippen molar-refractivity contribution in [1.82, 2.24) is 5.32 Å². The summed E-state index contributed by atoms with van der Waals surface area (Å²) in [6.45, 7) is 13.2. The van der Waals surface area contributed by atoms with Gasteiger partial charge in [0.15, 0.2) is 11.6 Å². The van der Waals surface area contributed by atoms with E-state index >= 15 is 0 Å². The quantitative estimate of drug-likeness (QED) is 0.220. The SMILES string of the molecule is COC1=C(c2c(C)cc(C)cc2C)C(=O)C(CCN)C1.COC1=C(c2c(C)cc(C)cc2C)C(=O)CC1CCNC(=O)Oc1ccccc1.Cl. The highest BCUT2D eigenvalue weighted by atomic mass is 35.5. The van der Waals surface area contributed by atoms with Crippen molar-refractivity contribution >= 4 is 41.2 Å². The standard InChI is InChI=1S/C24H27NO4.C17H23NO2.ClH/c1-15-12-16(2)21(17(3)13-15)22-20(26)14-18(23(22)28-4)10-11-25-24(27)29-19-8-6-5-7-9-19;1-10-7-11(2)15(12(3)8-10)16-14(20-4)9-13(5-6-18)17(16)19;/h5-9,12-13,18H,10-11,14H2,1-4H3,(H,25,27);7-8,13H,5-6,9,18H2,1-4H3;1H. The molecule has 0 fully saturated rings. The van der Waals surface area contributed by atoms with Crippen LogP contribution in [0.15, 0.2) is 66.1 Å². The fourth-order valence-electron chi connectivity index (χ4n) is 7.30. The van der Waals surface area contributed by atoms with Crippen molar-refractivity contribution in [3.05, 3.63) is 111 Å². The molecule has 2 atom stereocenters. The molecule has 2 aliphatic rings. The van der Waals surface area contributed by atoms with E-state index in [9.17, 15) is 14.4 Å². The maximum absolute atomic E-state index is 12.8. The Morgan fingerprint density at radius 1 is 0.760 bits per heavy atom. The molecule has 0 heterocycles. The molecule has 0 spiro atoms. The van der Waals surface area contributed by atoms with E-state index in [4.69, 9.17) is 19.9 Å². The number of rotatable bonds is 10. The van der Waals surface area contributed by atoms with Crippen LogP contribution in [0.1, 0.15) is 70.2 Å². The number of carbonyl (C=O) groups excluding carboxylic acids is 3. The van der Waals surface area contributed by atoms with Crippen LogP contribution in [-0.2, 0) is 19.1 Å². The summed E-state index contributed by atoms with van der Waals surface area (Å²) in [6, 6.07) is 17.3. The Morgan fingerprint density at radius 3 is 1.80 bits per heavy atom. The molecular formula is C41H51ClN2O6. The van der Waals surface area contributed by atoms with Crippen LogP contribution in [-0.4, -0.2) is 45.0 Å². The maximum atomic E-state index is 12.8. The predicted octanol–water partition coefficient (Wildman–Crippen LogP) is 8.07. The number of ether oxygens (including phenoxy) is 3. The number of methoxy groups -OCH3 is 2.